The molecule has 0 amide bonds. The van der Waals surface area contributed by atoms with E-state index in [0.29, 0.717) is 0 Å². The molecule has 0 N–H and O–H groups in total. The van der Waals surface area contributed by atoms with Crippen LogP contribution in [0.25, 0.3) is 21.5 Å². The summed E-state index contributed by atoms with van der Waals surface area (Å²) in [5.74, 6) is 0. The normalized spacial score (nSPS) is 18.1. The molecular weight excluding hydrogens is 544 g/mol. The molecule has 0 saturated heterocycles. The van der Waals surface area contributed by atoms with Crippen LogP contribution in [0.5, 0.6) is 0 Å². The highest BCUT2D eigenvalue weighted by Gasteiger charge is 2.44. The molecule has 2 nitrogen and oxygen atoms in total. The summed E-state index contributed by atoms with van der Waals surface area (Å²) in [4.78, 5) is 2.59. The van der Waals surface area contributed by atoms with Crippen molar-refractivity contribution >= 4 is 38.6 Å². The lowest BCUT2D eigenvalue weighted by Crippen LogP contribution is -2.27. The van der Waals surface area contributed by atoms with E-state index in [2.05, 4.69) is 166 Å². The molecule has 4 aromatic rings. The quantitative estimate of drug-likeness (QED) is 0.101. The van der Waals surface area contributed by atoms with E-state index in [1.54, 1.807) is 0 Å². The van der Waals surface area contributed by atoms with Crippen molar-refractivity contribution in [2.24, 2.45) is 0 Å². The second kappa shape index (κ2) is 12.7. The SMILES string of the molecule is CCCCCCCN1/C(=C/C=C/C=C/C=C/C2=[N+](C)c3ccc4ccccc4c3C2(C)C)C(C)(C)c2c1ccc1ccccc21. The number of hydrogen-bond acceptors (Lipinski definition) is 1. The van der Waals surface area contributed by atoms with Gasteiger partial charge in [-0.3, -0.25) is 0 Å². The predicted molar refractivity (Wildman–Crippen MR) is 196 cm³/mol. The second-order valence-corrected chi connectivity index (χ2v) is 13.8. The molecule has 45 heavy (non-hydrogen) atoms. The van der Waals surface area contributed by atoms with Crippen molar-refractivity contribution in [3.05, 3.63) is 132 Å². The Morgan fingerprint density at radius 3 is 2.00 bits per heavy atom. The summed E-state index contributed by atoms with van der Waals surface area (Å²) >= 11 is 0. The molecule has 4 aromatic carbocycles. The third-order valence-electron chi connectivity index (χ3n) is 10.1. The van der Waals surface area contributed by atoms with E-state index in [4.69, 9.17) is 0 Å². The molecule has 6 rings (SSSR count). The first kappa shape index (κ1) is 30.8. The van der Waals surface area contributed by atoms with Crippen LogP contribution in [0.3, 0.4) is 0 Å². The Labute approximate surface area is 270 Å². The van der Waals surface area contributed by atoms with Crippen molar-refractivity contribution in [2.75, 3.05) is 18.5 Å². The molecule has 0 spiro atoms. The van der Waals surface area contributed by atoms with Gasteiger partial charge in [0.2, 0.25) is 5.69 Å². The minimum absolute atomic E-state index is 0.0667. The second-order valence-electron chi connectivity index (χ2n) is 13.8. The van der Waals surface area contributed by atoms with Crippen LogP contribution < -0.4 is 4.90 Å². The Bertz CT molecular complexity index is 1870. The zero-order chi connectivity index (χ0) is 31.6. The lowest BCUT2D eigenvalue weighted by Gasteiger charge is -2.27. The number of nitrogens with zero attached hydrogens (tertiary/aromatic N) is 2. The Morgan fingerprint density at radius 2 is 1.27 bits per heavy atom. The monoisotopic (exact) mass is 593 g/mol. The van der Waals surface area contributed by atoms with E-state index in [9.17, 15) is 0 Å². The van der Waals surface area contributed by atoms with Gasteiger partial charge in [0.05, 0.1) is 5.41 Å². The lowest BCUT2D eigenvalue weighted by molar-refractivity contribution is -0.401. The lowest BCUT2D eigenvalue weighted by atomic mass is 9.79. The van der Waals surface area contributed by atoms with Crippen LogP contribution in [0.1, 0.15) is 77.8 Å². The largest absolute Gasteiger partial charge is 0.344 e. The molecule has 2 heterocycles. The van der Waals surface area contributed by atoms with Crippen LogP contribution >= 0.6 is 0 Å². The van der Waals surface area contributed by atoms with Gasteiger partial charge in [0, 0.05) is 41.1 Å². The standard InChI is InChI=1S/C43H49N2/c1-7-8-9-13-20-31-45-37-30-28-33-22-17-19-24-35(33)41(37)43(4,5)39(45)26-15-12-10-11-14-25-38-42(2,3)40-34-23-18-16-21-32(34)27-29-36(40)44(38)6/h10-12,14-19,21-30H,7-9,13,20,31H2,1-6H3/q+1. The molecule has 2 heteroatoms. The summed E-state index contributed by atoms with van der Waals surface area (Å²) < 4.78 is 2.35. The van der Waals surface area contributed by atoms with Gasteiger partial charge in [-0.25, -0.2) is 0 Å². The van der Waals surface area contributed by atoms with Crippen LogP contribution in [0, 0.1) is 0 Å². The molecule has 0 aromatic heterocycles. The van der Waals surface area contributed by atoms with Crippen molar-refractivity contribution < 1.29 is 4.58 Å². The molecule has 2 aliphatic heterocycles. The highest BCUT2D eigenvalue weighted by Crippen LogP contribution is 2.51. The first-order valence-electron chi connectivity index (χ1n) is 16.9. The van der Waals surface area contributed by atoms with E-state index in [1.807, 2.05) is 0 Å². The van der Waals surface area contributed by atoms with Crippen LogP contribution in [0.4, 0.5) is 11.4 Å². The molecule has 2 aliphatic rings. The fraction of sp³-hybridized carbons (Fsp3) is 0.326. The summed E-state index contributed by atoms with van der Waals surface area (Å²) in [6, 6.07) is 26.8. The van der Waals surface area contributed by atoms with E-state index in [-0.39, 0.29) is 10.8 Å². The highest BCUT2D eigenvalue weighted by atomic mass is 15.2. The first-order chi connectivity index (χ1) is 21.8. The molecule has 0 radical (unpaired) electrons. The summed E-state index contributed by atoms with van der Waals surface area (Å²) in [6.45, 7) is 12.8. The zero-order valence-corrected chi connectivity index (χ0v) is 28.1. The predicted octanol–water partition coefficient (Wildman–Crippen LogP) is 11.3. The van der Waals surface area contributed by atoms with E-state index < -0.39 is 0 Å². The number of anilines is 1. The fourth-order valence-corrected chi connectivity index (χ4v) is 7.83. The van der Waals surface area contributed by atoms with Gasteiger partial charge in [-0.1, -0.05) is 131 Å². The summed E-state index contributed by atoms with van der Waals surface area (Å²) in [5, 5.41) is 5.35. The van der Waals surface area contributed by atoms with E-state index in [0.717, 1.165) is 6.54 Å². The molecule has 230 valence electrons. The number of unbranched alkanes of at least 4 members (excludes halogenated alkanes) is 4. The van der Waals surface area contributed by atoms with Gasteiger partial charge in [0.25, 0.3) is 0 Å². The van der Waals surface area contributed by atoms with Crippen LogP contribution in [-0.2, 0) is 10.8 Å². The number of allylic oxidation sites excluding steroid dienone is 8. The van der Waals surface area contributed by atoms with Gasteiger partial charge >= 0.3 is 0 Å². The molecule has 0 saturated carbocycles. The summed E-state index contributed by atoms with van der Waals surface area (Å²) in [7, 11) is 2.19. The summed E-state index contributed by atoms with van der Waals surface area (Å²) in [6.07, 6.45) is 21.9. The number of hydrogen-bond donors (Lipinski definition) is 0. The van der Waals surface area contributed by atoms with Gasteiger partial charge in [0.15, 0.2) is 5.71 Å². The summed E-state index contributed by atoms with van der Waals surface area (Å²) in [5.41, 5.74) is 8.13. The van der Waals surface area contributed by atoms with E-state index >= 15 is 0 Å². The van der Waals surface area contributed by atoms with Crippen molar-refractivity contribution in [3.8, 4) is 0 Å². The topological polar surface area (TPSA) is 6.25 Å². The minimum Gasteiger partial charge on any atom is -0.344 e. The smallest absolute Gasteiger partial charge is 0.210 e. The van der Waals surface area contributed by atoms with Gasteiger partial charge in [-0.15, -0.1) is 0 Å². The number of rotatable bonds is 10. The maximum absolute atomic E-state index is 2.59. The minimum atomic E-state index is -0.0674. The van der Waals surface area contributed by atoms with Crippen molar-refractivity contribution in [3.63, 3.8) is 0 Å². The first-order valence-corrected chi connectivity index (χ1v) is 16.9. The average molecular weight is 594 g/mol. The number of benzene rings is 4. The molecule has 0 bridgehead atoms. The van der Waals surface area contributed by atoms with E-state index in [1.165, 1.54) is 87.6 Å². The van der Waals surface area contributed by atoms with Crippen molar-refractivity contribution in [2.45, 2.75) is 77.6 Å². The maximum atomic E-state index is 2.59. The van der Waals surface area contributed by atoms with Gasteiger partial charge < -0.3 is 4.90 Å². The maximum Gasteiger partial charge on any atom is 0.210 e. The van der Waals surface area contributed by atoms with Gasteiger partial charge in [-0.2, -0.15) is 4.58 Å². The highest BCUT2D eigenvalue weighted by molar-refractivity contribution is 6.07. The van der Waals surface area contributed by atoms with Gasteiger partial charge in [-0.05, 0) is 65.6 Å². The van der Waals surface area contributed by atoms with Crippen molar-refractivity contribution in [1.29, 1.82) is 0 Å². The Balaban J connectivity index is 1.22. The fourth-order valence-electron chi connectivity index (χ4n) is 7.83. The van der Waals surface area contributed by atoms with Crippen LogP contribution in [-0.4, -0.2) is 23.9 Å². The molecular formula is C43H49N2+. The average Bonchev–Trinajstić information content (AvgIpc) is 3.38. The van der Waals surface area contributed by atoms with Crippen LogP contribution in [0.15, 0.2) is 121 Å². The number of fused-ring (bicyclic) bond motifs is 6. The van der Waals surface area contributed by atoms with Gasteiger partial charge in [0.1, 0.15) is 7.05 Å². The van der Waals surface area contributed by atoms with Crippen molar-refractivity contribution in [1.82, 2.24) is 0 Å². The Kier molecular flexibility index (Phi) is 8.69. The molecule has 0 unspecified atom stereocenters. The Hall–Kier alpha value is -4.17. The third kappa shape index (κ3) is 5.61. The molecule has 0 atom stereocenters. The Morgan fingerprint density at radius 1 is 0.644 bits per heavy atom. The van der Waals surface area contributed by atoms with Crippen LogP contribution in [0.2, 0.25) is 0 Å². The third-order valence-corrected chi connectivity index (χ3v) is 10.1. The zero-order valence-electron chi connectivity index (χ0n) is 28.1. The molecule has 0 aliphatic carbocycles. The molecule has 0 fully saturated rings.